The van der Waals surface area contributed by atoms with Crippen LogP contribution in [-0.4, -0.2) is 52.4 Å². The second kappa shape index (κ2) is 9.28. The molecule has 1 aromatic carbocycles. The quantitative estimate of drug-likeness (QED) is 0.796. The molecule has 0 bridgehead atoms. The molecule has 0 aliphatic carbocycles. The van der Waals surface area contributed by atoms with E-state index in [0.717, 1.165) is 44.6 Å². The van der Waals surface area contributed by atoms with Crippen LogP contribution in [0.25, 0.3) is 6.08 Å². The Bertz CT molecular complexity index is 752. The van der Waals surface area contributed by atoms with E-state index in [1.165, 1.54) is 5.56 Å². The van der Waals surface area contributed by atoms with Crippen LogP contribution in [0.1, 0.15) is 24.0 Å². The van der Waals surface area contributed by atoms with Gasteiger partial charge in [-0.15, -0.1) is 0 Å². The van der Waals surface area contributed by atoms with Gasteiger partial charge in [0.2, 0.25) is 11.9 Å². The maximum atomic E-state index is 12.3. The summed E-state index contributed by atoms with van der Waals surface area (Å²) in [5, 5.41) is 0. The molecule has 0 radical (unpaired) electrons. The molecular weight excluding hydrogens is 338 g/mol. The van der Waals surface area contributed by atoms with Crippen LogP contribution < -0.4 is 5.73 Å². The fourth-order valence-corrected chi connectivity index (χ4v) is 3.37. The summed E-state index contributed by atoms with van der Waals surface area (Å²) in [6, 6.07) is 10.6. The molecule has 1 amide bonds. The number of carbonyl (C=O) groups is 1. The molecule has 1 saturated heterocycles. The minimum absolute atomic E-state index is 0.00135. The number of benzene rings is 1. The highest BCUT2D eigenvalue weighted by Crippen LogP contribution is 2.20. The van der Waals surface area contributed by atoms with E-state index in [0.29, 0.717) is 5.92 Å². The zero-order chi connectivity index (χ0) is 19.1. The lowest BCUT2D eigenvalue weighted by Gasteiger charge is -2.33. The van der Waals surface area contributed by atoms with Crippen LogP contribution in [0.15, 0.2) is 48.8 Å². The minimum atomic E-state index is -0.00135. The molecule has 1 fully saturated rings. The summed E-state index contributed by atoms with van der Waals surface area (Å²) < 4.78 is 0. The van der Waals surface area contributed by atoms with Gasteiger partial charge in [0.05, 0.1) is 0 Å². The van der Waals surface area contributed by atoms with E-state index in [4.69, 9.17) is 5.73 Å². The summed E-state index contributed by atoms with van der Waals surface area (Å²) in [5.41, 5.74) is 7.59. The van der Waals surface area contributed by atoms with Gasteiger partial charge in [0.25, 0.3) is 0 Å². The van der Waals surface area contributed by atoms with Crippen LogP contribution in [0.5, 0.6) is 0 Å². The molecule has 6 heteroatoms. The minimum Gasteiger partial charge on any atom is -0.368 e. The van der Waals surface area contributed by atoms with Crippen molar-refractivity contribution >= 4 is 17.9 Å². The Kier molecular flexibility index (Phi) is 6.54. The lowest BCUT2D eigenvalue weighted by atomic mass is 9.96. The normalized spacial score (nSPS) is 15.9. The highest BCUT2D eigenvalue weighted by Gasteiger charge is 2.21. The Morgan fingerprint density at radius 1 is 1.22 bits per heavy atom. The molecule has 27 heavy (non-hydrogen) atoms. The number of carbonyl (C=O) groups excluding carboxylic acids is 1. The first-order chi connectivity index (χ1) is 13.1. The second-order valence-corrected chi connectivity index (χ2v) is 7.13. The van der Waals surface area contributed by atoms with E-state index in [1.54, 1.807) is 29.4 Å². The first-order valence-corrected chi connectivity index (χ1v) is 9.37. The number of anilines is 1. The van der Waals surface area contributed by atoms with Gasteiger partial charge in [0.1, 0.15) is 0 Å². The van der Waals surface area contributed by atoms with Gasteiger partial charge in [-0.25, -0.2) is 9.97 Å². The van der Waals surface area contributed by atoms with Crippen molar-refractivity contribution in [2.45, 2.75) is 19.4 Å². The Hall–Kier alpha value is -2.73. The van der Waals surface area contributed by atoms with Gasteiger partial charge < -0.3 is 10.6 Å². The van der Waals surface area contributed by atoms with E-state index >= 15 is 0 Å². The van der Waals surface area contributed by atoms with Gasteiger partial charge in [-0.3, -0.25) is 9.69 Å². The average molecular weight is 365 g/mol. The Morgan fingerprint density at radius 3 is 2.56 bits per heavy atom. The standard InChI is InChI=1S/C21H27N5O/c1-25(20(27)8-7-19-13-23-21(22)24-14-19)15-18-9-11-26(12-10-18)16-17-5-3-2-4-6-17/h2-8,13-14,18H,9-12,15-16H2,1H3,(H2,22,23,24). The molecule has 0 saturated carbocycles. The monoisotopic (exact) mass is 365 g/mol. The molecule has 0 atom stereocenters. The van der Waals surface area contributed by atoms with Gasteiger partial charge in [0.15, 0.2) is 0 Å². The fraction of sp³-hybridized carbons (Fsp3) is 0.381. The smallest absolute Gasteiger partial charge is 0.246 e. The summed E-state index contributed by atoms with van der Waals surface area (Å²) in [6.45, 7) is 3.97. The van der Waals surface area contributed by atoms with Crippen molar-refractivity contribution in [1.29, 1.82) is 0 Å². The third kappa shape index (κ3) is 5.89. The van der Waals surface area contributed by atoms with E-state index in [2.05, 4.69) is 45.2 Å². The van der Waals surface area contributed by atoms with Crippen molar-refractivity contribution in [2.24, 2.45) is 5.92 Å². The molecule has 1 aliphatic heterocycles. The Morgan fingerprint density at radius 2 is 1.89 bits per heavy atom. The molecular formula is C21H27N5O. The van der Waals surface area contributed by atoms with Crippen LogP contribution in [0.4, 0.5) is 5.95 Å². The molecule has 1 aliphatic rings. The van der Waals surface area contributed by atoms with Crippen molar-refractivity contribution < 1.29 is 4.79 Å². The third-order valence-corrected chi connectivity index (χ3v) is 4.97. The van der Waals surface area contributed by atoms with Gasteiger partial charge in [0, 0.05) is 44.2 Å². The number of amides is 1. The van der Waals surface area contributed by atoms with Crippen molar-refractivity contribution in [3.8, 4) is 0 Å². The topological polar surface area (TPSA) is 75.3 Å². The number of rotatable bonds is 6. The molecule has 2 heterocycles. The molecule has 1 aromatic heterocycles. The van der Waals surface area contributed by atoms with Crippen LogP contribution >= 0.6 is 0 Å². The highest BCUT2D eigenvalue weighted by atomic mass is 16.2. The van der Waals surface area contributed by atoms with E-state index in [-0.39, 0.29) is 11.9 Å². The number of hydrogen-bond donors (Lipinski definition) is 1. The number of aromatic nitrogens is 2. The largest absolute Gasteiger partial charge is 0.368 e. The second-order valence-electron chi connectivity index (χ2n) is 7.13. The fourth-order valence-electron chi connectivity index (χ4n) is 3.37. The Balaban J connectivity index is 1.42. The Labute approximate surface area is 160 Å². The van der Waals surface area contributed by atoms with Gasteiger partial charge in [-0.05, 0) is 43.5 Å². The lowest BCUT2D eigenvalue weighted by Crippen LogP contribution is -2.38. The van der Waals surface area contributed by atoms with Crippen LogP contribution in [0, 0.1) is 5.92 Å². The lowest BCUT2D eigenvalue weighted by molar-refractivity contribution is -0.125. The maximum Gasteiger partial charge on any atom is 0.246 e. The molecule has 2 aromatic rings. The number of nitrogen functional groups attached to an aromatic ring is 1. The van der Waals surface area contributed by atoms with Crippen molar-refractivity contribution in [2.75, 3.05) is 32.4 Å². The molecule has 3 rings (SSSR count). The summed E-state index contributed by atoms with van der Waals surface area (Å²) in [6.07, 6.45) is 8.75. The predicted octanol–water partition coefficient (Wildman–Crippen LogP) is 2.44. The molecule has 2 N–H and O–H groups in total. The van der Waals surface area contributed by atoms with Crippen LogP contribution in [0.3, 0.4) is 0 Å². The number of nitrogens with two attached hydrogens (primary N) is 1. The SMILES string of the molecule is CN(CC1CCN(Cc2ccccc2)CC1)C(=O)C=Cc1cnc(N)nc1. The number of hydrogen-bond acceptors (Lipinski definition) is 5. The van der Waals surface area contributed by atoms with Gasteiger partial charge in [-0.1, -0.05) is 30.3 Å². The summed E-state index contributed by atoms with van der Waals surface area (Å²) in [7, 11) is 1.86. The highest BCUT2D eigenvalue weighted by molar-refractivity contribution is 5.91. The number of nitrogens with zero attached hydrogens (tertiary/aromatic N) is 4. The first kappa shape index (κ1) is 19.0. The van der Waals surface area contributed by atoms with E-state index < -0.39 is 0 Å². The zero-order valence-corrected chi connectivity index (χ0v) is 15.8. The molecule has 6 nitrogen and oxygen atoms in total. The first-order valence-electron chi connectivity index (χ1n) is 9.37. The summed E-state index contributed by atoms with van der Waals surface area (Å²) in [4.78, 5) is 24.5. The van der Waals surface area contributed by atoms with Crippen LogP contribution in [0.2, 0.25) is 0 Å². The van der Waals surface area contributed by atoms with Crippen molar-refractivity contribution in [3.63, 3.8) is 0 Å². The van der Waals surface area contributed by atoms with Gasteiger partial charge in [-0.2, -0.15) is 0 Å². The third-order valence-electron chi connectivity index (χ3n) is 4.97. The number of piperidine rings is 1. The van der Waals surface area contributed by atoms with Crippen molar-refractivity contribution in [1.82, 2.24) is 19.8 Å². The number of likely N-dealkylation sites (N-methyl/N-ethyl adjacent to an activating group) is 1. The van der Waals surface area contributed by atoms with Crippen LogP contribution in [-0.2, 0) is 11.3 Å². The predicted molar refractivity (Wildman–Crippen MR) is 108 cm³/mol. The van der Waals surface area contributed by atoms with E-state index in [9.17, 15) is 4.79 Å². The summed E-state index contributed by atoms with van der Waals surface area (Å²) in [5.74, 6) is 0.784. The zero-order valence-electron chi connectivity index (χ0n) is 15.8. The maximum absolute atomic E-state index is 12.3. The van der Waals surface area contributed by atoms with Gasteiger partial charge >= 0.3 is 0 Å². The van der Waals surface area contributed by atoms with Crippen molar-refractivity contribution in [3.05, 3.63) is 59.9 Å². The van der Waals surface area contributed by atoms with E-state index in [1.807, 2.05) is 7.05 Å². The molecule has 0 spiro atoms. The number of likely N-dealkylation sites (tertiary alicyclic amines) is 1. The molecule has 142 valence electrons. The molecule has 0 unspecified atom stereocenters. The summed E-state index contributed by atoms with van der Waals surface area (Å²) >= 11 is 0. The average Bonchev–Trinajstić information content (AvgIpc) is 2.69.